The topological polar surface area (TPSA) is 63.6 Å². The maximum Gasteiger partial charge on any atom is 0.229 e. The summed E-state index contributed by atoms with van der Waals surface area (Å²) in [6.07, 6.45) is -1.30. The van der Waals surface area contributed by atoms with Crippen LogP contribution in [-0.4, -0.2) is 23.4 Å². The molecule has 0 amide bonds. The molecule has 1 N–H and O–H groups in total. The van der Waals surface area contributed by atoms with E-state index in [4.69, 9.17) is 16.9 Å². The van der Waals surface area contributed by atoms with Gasteiger partial charge in [-0.25, -0.2) is 4.89 Å². The Kier molecular flexibility index (Phi) is 4.18. The molecule has 0 rings (SSSR count). The van der Waals surface area contributed by atoms with Crippen LogP contribution in [0, 0.1) is 5.38 Å². The lowest BCUT2D eigenvalue weighted by molar-refractivity contribution is -0.263. The van der Waals surface area contributed by atoms with Crippen LogP contribution in [0.2, 0.25) is 0 Å². The standard InChI is InChI=1S/C5H6ClO4/c1-3(6)5(10-9)4(8)2-7/h2,5,9H,1H3. The van der Waals surface area contributed by atoms with Crippen molar-refractivity contribution in [2.75, 3.05) is 0 Å². The highest BCUT2D eigenvalue weighted by Crippen LogP contribution is 2.13. The van der Waals surface area contributed by atoms with E-state index in [1.807, 2.05) is 0 Å². The van der Waals surface area contributed by atoms with Crippen molar-refractivity contribution in [1.82, 2.24) is 0 Å². The summed E-state index contributed by atoms with van der Waals surface area (Å²) in [6, 6.07) is 0. The van der Waals surface area contributed by atoms with Crippen molar-refractivity contribution in [1.29, 1.82) is 0 Å². The molecule has 0 aliphatic carbocycles. The minimum Gasteiger partial charge on any atom is -0.294 e. The van der Waals surface area contributed by atoms with Crippen LogP contribution in [0.5, 0.6) is 0 Å². The van der Waals surface area contributed by atoms with E-state index in [1.54, 1.807) is 0 Å². The van der Waals surface area contributed by atoms with E-state index < -0.39 is 11.9 Å². The maximum atomic E-state index is 10.4. The van der Waals surface area contributed by atoms with Crippen LogP contribution in [0.3, 0.4) is 0 Å². The van der Waals surface area contributed by atoms with Crippen molar-refractivity contribution in [3.05, 3.63) is 5.38 Å². The SMILES string of the molecule is C[C](Cl)C(OO)C(=O)C=O. The summed E-state index contributed by atoms with van der Waals surface area (Å²) in [5.41, 5.74) is 0. The fourth-order valence-corrected chi connectivity index (χ4v) is 0.530. The normalized spacial score (nSPS) is 13.2. The molecule has 0 fully saturated rings. The van der Waals surface area contributed by atoms with Gasteiger partial charge < -0.3 is 0 Å². The monoisotopic (exact) mass is 165 g/mol. The molecule has 10 heavy (non-hydrogen) atoms. The zero-order chi connectivity index (χ0) is 8.15. The fraction of sp³-hybridized carbons (Fsp3) is 0.400. The minimum absolute atomic E-state index is 0.0135. The van der Waals surface area contributed by atoms with Crippen LogP contribution in [-0.2, 0) is 14.5 Å². The number of carbonyl (C=O) groups excluding carboxylic acids is 2. The van der Waals surface area contributed by atoms with Gasteiger partial charge in [0.05, 0.1) is 0 Å². The first-order valence-electron chi connectivity index (χ1n) is 2.41. The van der Waals surface area contributed by atoms with Crippen molar-refractivity contribution >= 4 is 23.7 Å². The quantitative estimate of drug-likeness (QED) is 0.284. The van der Waals surface area contributed by atoms with Crippen LogP contribution in [0.15, 0.2) is 0 Å². The number of ketones is 1. The third-order valence-electron chi connectivity index (χ3n) is 0.841. The summed E-state index contributed by atoms with van der Waals surface area (Å²) in [5, 5.41) is 8.03. The van der Waals surface area contributed by atoms with Crippen LogP contribution in [0.25, 0.3) is 0 Å². The second-order valence-corrected chi connectivity index (χ2v) is 2.19. The molecule has 1 radical (unpaired) electrons. The average molecular weight is 166 g/mol. The van der Waals surface area contributed by atoms with Gasteiger partial charge in [0, 0.05) is 0 Å². The number of halogens is 1. The van der Waals surface area contributed by atoms with Crippen molar-refractivity contribution in [3.63, 3.8) is 0 Å². The van der Waals surface area contributed by atoms with Gasteiger partial charge in [-0.05, 0) is 6.92 Å². The summed E-state index contributed by atoms with van der Waals surface area (Å²) in [7, 11) is 0. The predicted octanol–water partition coefficient (Wildman–Crippen LogP) is 0.403. The summed E-state index contributed by atoms with van der Waals surface area (Å²) < 4.78 is 0. The van der Waals surface area contributed by atoms with Crippen molar-refractivity contribution in [3.8, 4) is 0 Å². The summed E-state index contributed by atoms with van der Waals surface area (Å²) in [5.74, 6) is -0.907. The van der Waals surface area contributed by atoms with E-state index >= 15 is 0 Å². The third-order valence-corrected chi connectivity index (χ3v) is 1.04. The molecule has 0 saturated heterocycles. The fourth-order valence-electron chi connectivity index (χ4n) is 0.382. The molecular weight excluding hydrogens is 160 g/mol. The Morgan fingerprint density at radius 3 is 2.40 bits per heavy atom. The average Bonchev–Trinajstić information content (AvgIpc) is 1.88. The lowest BCUT2D eigenvalue weighted by Gasteiger charge is -2.08. The predicted molar refractivity (Wildman–Crippen MR) is 33.3 cm³/mol. The van der Waals surface area contributed by atoms with Gasteiger partial charge in [0.2, 0.25) is 5.78 Å². The highest BCUT2D eigenvalue weighted by Gasteiger charge is 2.24. The van der Waals surface area contributed by atoms with E-state index in [1.165, 1.54) is 6.92 Å². The Hall–Kier alpha value is -0.450. The molecule has 5 heteroatoms. The first kappa shape index (κ1) is 9.55. The highest BCUT2D eigenvalue weighted by atomic mass is 35.5. The molecule has 0 aromatic carbocycles. The molecule has 0 aromatic rings. The van der Waals surface area contributed by atoms with Crippen molar-refractivity contribution in [2.24, 2.45) is 0 Å². The zero-order valence-electron chi connectivity index (χ0n) is 5.20. The van der Waals surface area contributed by atoms with Gasteiger partial charge in [-0.3, -0.25) is 14.8 Å². The van der Waals surface area contributed by atoms with Gasteiger partial charge in [-0.1, -0.05) is 0 Å². The summed E-state index contributed by atoms with van der Waals surface area (Å²) in [6.45, 7) is 1.35. The number of Topliss-reactive ketones (excluding diaryl/α,β-unsaturated/α-hetero) is 1. The van der Waals surface area contributed by atoms with Gasteiger partial charge in [0.15, 0.2) is 12.4 Å². The number of rotatable bonds is 4. The Morgan fingerprint density at radius 1 is 1.80 bits per heavy atom. The van der Waals surface area contributed by atoms with Gasteiger partial charge >= 0.3 is 0 Å². The largest absolute Gasteiger partial charge is 0.294 e. The molecule has 0 aromatic heterocycles. The smallest absolute Gasteiger partial charge is 0.229 e. The number of carbonyl (C=O) groups is 2. The first-order valence-corrected chi connectivity index (χ1v) is 2.79. The van der Waals surface area contributed by atoms with Crippen LogP contribution >= 0.6 is 11.6 Å². The lowest BCUT2D eigenvalue weighted by atomic mass is 10.2. The molecule has 0 bridgehead atoms. The second kappa shape index (κ2) is 4.38. The Labute approximate surface area is 62.7 Å². The Morgan fingerprint density at radius 2 is 2.30 bits per heavy atom. The van der Waals surface area contributed by atoms with E-state index in [2.05, 4.69) is 4.89 Å². The first-order chi connectivity index (χ1) is 4.63. The van der Waals surface area contributed by atoms with Crippen molar-refractivity contribution in [2.45, 2.75) is 13.0 Å². The number of aldehydes is 1. The van der Waals surface area contributed by atoms with E-state index in [-0.39, 0.29) is 11.7 Å². The van der Waals surface area contributed by atoms with Crippen molar-refractivity contribution < 1.29 is 19.7 Å². The number of hydrogen-bond acceptors (Lipinski definition) is 4. The lowest BCUT2D eigenvalue weighted by Crippen LogP contribution is -2.27. The summed E-state index contributed by atoms with van der Waals surface area (Å²) in [4.78, 5) is 23.8. The van der Waals surface area contributed by atoms with Gasteiger partial charge in [-0.2, -0.15) is 0 Å². The second-order valence-electron chi connectivity index (χ2n) is 1.59. The van der Waals surface area contributed by atoms with Gasteiger partial charge in [0.25, 0.3) is 0 Å². The van der Waals surface area contributed by atoms with E-state index in [0.717, 1.165) is 0 Å². The molecule has 0 saturated carbocycles. The third kappa shape index (κ3) is 2.43. The van der Waals surface area contributed by atoms with E-state index in [0.29, 0.717) is 0 Å². The highest BCUT2D eigenvalue weighted by molar-refractivity contribution is 6.35. The van der Waals surface area contributed by atoms with Crippen LogP contribution in [0.4, 0.5) is 0 Å². The molecule has 4 nitrogen and oxygen atoms in total. The molecule has 0 spiro atoms. The number of hydrogen-bond donors (Lipinski definition) is 1. The summed E-state index contributed by atoms with van der Waals surface area (Å²) >= 11 is 5.27. The van der Waals surface area contributed by atoms with Crippen LogP contribution < -0.4 is 0 Å². The maximum absolute atomic E-state index is 10.4. The molecule has 1 unspecified atom stereocenters. The molecular formula is C5H6ClO4. The molecule has 57 valence electrons. The van der Waals surface area contributed by atoms with E-state index in [9.17, 15) is 9.59 Å². The van der Waals surface area contributed by atoms with Gasteiger partial charge in [-0.15, -0.1) is 11.6 Å². The Bertz CT molecular complexity index is 134. The molecule has 0 aliphatic rings. The minimum atomic E-state index is -1.33. The zero-order valence-corrected chi connectivity index (χ0v) is 5.96. The Balaban J connectivity index is 4.06. The van der Waals surface area contributed by atoms with Gasteiger partial charge in [0.1, 0.15) is 5.38 Å². The molecule has 0 aliphatic heterocycles. The molecule has 0 heterocycles. The van der Waals surface area contributed by atoms with Crippen LogP contribution in [0.1, 0.15) is 6.92 Å². The molecule has 1 atom stereocenters.